The second-order valence-corrected chi connectivity index (χ2v) is 11.9. The lowest BCUT2D eigenvalue weighted by Gasteiger charge is -2.24. The van der Waals surface area contributed by atoms with E-state index in [1.807, 2.05) is 6.92 Å². The molecule has 0 radical (unpaired) electrons. The van der Waals surface area contributed by atoms with Gasteiger partial charge in [-0.2, -0.15) is 8.42 Å². The minimum absolute atomic E-state index is 0.0111. The first-order valence-corrected chi connectivity index (χ1v) is 16.8. The number of unbranched alkanes of at least 4 members (excludes halogenated alkanes) is 12. The molecule has 38 heavy (non-hydrogen) atoms. The van der Waals surface area contributed by atoms with Gasteiger partial charge in [0, 0.05) is 13.2 Å². The smallest absolute Gasteiger partial charge is 0.264 e. The van der Waals surface area contributed by atoms with Crippen LogP contribution in [0.3, 0.4) is 0 Å². The molecule has 0 heterocycles. The largest absolute Gasteiger partial charge is 0.379 e. The van der Waals surface area contributed by atoms with Crippen LogP contribution in [0.15, 0.2) is 0 Å². The van der Waals surface area contributed by atoms with Crippen LogP contribution in [0.25, 0.3) is 0 Å². The van der Waals surface area contributed by atoms with Gasteiger partial charge in [0.05, 0.1) is 44.9 Å². The van der Waals surface area contributed by atoms with Crippen molar-refractivity contribution in [2.75, 3.05) is 52.5 Å². The molecule has 0 aromatic heterocycles. The second-order valence-electron chi connectivity index (χ2n) is 10.3. The van der Waals surface area contributed by atoms with E-state index in [4.69, 9.17) is 18.9 Å². The van der Waals surface area contributed by atoms with Crippen LogP contribution in [0.2, 0.25) is 0 Å². The van der Waals surface area contributed by atoms with Gasteiger partial charge in [-0.1, -0.05) is 90.4 Å². The normalized spacial score (nSPS) is 13.6. The number of Topliss-reactive ketones (excluding diaryl/α,β-unsaturated/α-hetero) is 1. The fraction of sp³-hybridized carbons (Fsp3) is 0.966. The molecular weight excluding hydrogens is 508 g/mol. The molecular formula is C29H58O8S. The fourth-order valence-corrected chi connectivity index (χ4v) is 4.51. The van der Waals surface area contributed by atoms with Crippen molar-refractivity contribution in [3.63, 3.8) is 0 Å². The lowest BCUT2D eigenvalue weighted by atomic mass is 10.0. The van der Waals surface area contributed by atoms with E-state index < -0.39 is 10.1 Å². The molecule has 0 spiro atoms. The van der Waals surface area contributed by atoms with Gasteiger partial charge in [0.25, 0.3) is 10.1 Å². The average Bonchev–Trinajstić information content (AvgIpc) is 2.86. The van der Waals surface area contributed by atoms with Gasteiger partial charge in [-0.15, -0.1) is 0 Å². The molecule has 2 atom stereocenters. The van der Waals surface area contributed by atoms with Crippen LogP contribution in [-0.2, 0) is 38.0 Å². The van der Waals surface area contributed by atoms with E-state index >= 15 is 0 Å². The maximum Gasteiger partial charge on any atom is 0.264 e. The van der Waals surface area contributed by atoms with E-state index in [9.17, 15) is 13.2 Å². The van der Waals surface area contributed by atoms with Gasteiger partial charge in [-0.05, 0) is 26.7 Å². The SMILES string of the molecule is CCCCCCCCCCCCCCCC(OCCCOCCOCCOS(C)(=O)=O)C(C)OCC(C)=O. The monoisotopic (exact) mass is 566 g/mol. The van der Waals surface area contributed by atoms with Crippen LogP contribution in [0.5, 0.6) is 0 Å². The van der Waals surface area contributed by atoms with Crippen molar-refractivity contribution in [3.8, 4) is 0 Å². The molecule has 0 saturated carbocycles. The first-order valence-electron chi connectivity index (χ1n) is 15.0. The van der Waals surface area contributed by atoms with Crippen molar-refractivity contribution in [1.29, 1.82) is 0 Å². The van der Waals surface area contributed by atoms with Gasteiger partial charge >= 0.3 is 0 Å². The first-order chi connectivity index (χ1) is 18.3. The molecule has 9 heteroatoms. The molecule has 0 bridgehead atoms. The Hall–Kier alpha value is -0.580. The Morgan fingerprint density at radius 3 is 1.68 bits per heavy atom. The molecule has 0 N–H and O–H groups in total. The molecule has 0 rings (SSSR count). The predicted octanol–water partition coefficient (Wildman–Crippen LogP) is 6.25. The Morgan fingerprint density at radius 2 is 1.16 bits per heavy atom. The van der Waals surface area contributed by atoms with Gasteiger partial charge in [0.1, 0.15) is 6.61 Å². The van der Waals surface area contributed by atoms with E-state index in [1.54, 1.807) is 0 Å². The molecule has 0 aliphatic heterocycles. The Morgan fingerprint density at radius 1 is 0.658 bits per heavy atom. The molecule has 0 saturated heterocycles. The van der Waals surface area contributed by atoms with E-state index in [-0.39, 0.29) is 37.8 Å². The minimum Gasteiger partial charge on any atom is -0.379 e. The third kappa shape index (κ3) is 28.4. The summed E-state index contributed by atoms with van der Waals surface area (Å²) in [7, 11) is -3.42. The highest BCUT2D eigenvalue weighted by Gasteiger charge is 2.19. The van der Waals surface area contributed by atoms with Gasteiger partial charge in [0.15, 0.2) is 5.78 Å². The molecule has 2 unspecified atom stereocenters. The van der Waals surface area contributed by atoms with E-state index in [0.29, 0.717) is 26.4 Å². The summed E-state index contributed by atoms with van der Waals surface area (Å²) in [5, 5.41) is 0. The van der Waals surface area contributed by atoms with Gasteiger partial charge in [-0.3, -0.25) is 8.98 Å². The van der Waals surface area contributed by atoms with Gasteiger partial charge in [-0.25, -0.2) is 0 Å². The summed E-state index contributed by atoms with van der Waals surface area (Å²) >= 11 is 0. The van der Waals surface area contributed by atoms with Crippen LogP contribution < -0.4 is 0 Å². The number of hydrogen-bond donors (Lipinski definition) is 0. The molecule has 228 valence electrons. The van der Waals surface area contributed by atoms with E-state index in [2.05, 4.69) is 11.1 Å². The summed E-state index contributed by atoms with van der Waals surface area (Å²) in [5.41, 5.74) is 0. The number of carbonyl (C=O) groups is 1. The number of ketones is 1. The van der Waals surface area contributed by atoms with Crippen molar-refractivity contribution in [2.24, 2.45) is 0 Å². The van der Waals surface area contributed by atoms with Crippen LogP contribution in [-0.4, -0.2) is 78.9 Å². The highest BCUT2D eigenvalue weighted by atomic mass is 32.2. The molecule has 0 aromatic rings. The highest BCUT2D eigenvalue weighted by Crippen LogP contribution is 2.16. The van der Waals surface area contributed by atoms with Crippen molar-refractivity contribution in [3.05, 3.63) is 0 Å². The third-order valence-corrected chi connectivity index (χ3v) is 6.92. The van der Waals surface area contributed by atoms with Crippen molar-refractivity contribution < 1.29 is 36.3 Å². The zero-order valence-electron chi connectivity index (χ0n) is 24.9. The van der Waals surface area contributed by atoms with E-state index in [0.717, 1.165) is 25.5 Å². The average molecular weight is 567 g/mol. The summed E-state index contributed by atoms with van der Waals surface area (Å²) < 4.78 is 49.0. The molecule has 0 aliphatic carbocycles. The van der Waals surface area contributed by atoms with Crippen LogP contribution in [0.4, 0.5) is 0 Å². The Labute approximate surface area is 234 Å². The minimum atomic E-state index is -3.42. The lowest BCUT2D eigenvalue weighted by Crippen LogP contribution is -2.31. The van der Waals surface area contributed by atoms with Crippen molar-refractivity contribution in [1.82, 2.24) is 0 Å². The summed E-state index contributed by atoms with van der Waals surface area (Å²) in [6, 6.07) is 0. The molecule has 0 aromatic carbocycles. The molecule has 0 amide bonds. The highest BCUT2D eigenvalue weighted by molar-refractivity contribution is 7.85. The summed E-state index contributed by atoms with van der Waals surface area (Å²) in [4.78, 5) is 11.3. The third-order valence-electron chi connectivity index (χ3n) is 6.33. The zero-order chi connectivity index (χ0) is 28.3. The molecule has 8 nitrogen and oxygen atoms in total. The van der Waals surface area contributed by atoms with Crippen LogP contribution in [0, 0.1) is 0 Å². The lowest BCUT2D eigenvalue weighted by molar-refractivity contribution is -0.128. The van der Waals surface area contributed by atoms with Crippen LogP contribution in [0.1, 0.15) is 117 Å². The Balaban J connectivity index is 3.88. The predicted molar refractivity (Wildman–Crippen MR) is 153 cm³/mol. The Bertz CT molecular complexity index is 626. The first kappa shape index (κ1) is 37.4. The number of ether oxygens (including phenoxy) is 4. The fourth-order valence-electron chi connectivity index (χ4n) is 4.13. The number of hydrogen-bond acceptors (Lipinski definition) is 8. The maximum absolute atomic E-state index is 11.3. The van der Waals surface area contributed by atoms with Crippen molar-refractivity contribution >= 4 is 15.9 Å². The zero-order valence-corrected chi connectivity index (χ0v) is 25.7. The van der Waals surface area contributed by atoms with E-state index in [1.165, 1.54) is 84.0 Å². The molecule has 0 fully saturated rings. The molecule has 0 aliphatic rings. The maximum atomic E-state index is 11.3. The van der Waals surface area contributed by atoms with Gasteiger partial charge < -0.3 is 18.9 Å². The standard InChI is InChI=1S/C29H58O8S/c1-5-6-7-8-9-10-11-12-13-14-15-16-17-19-29(28(3)36-26-27(2)30)35-21-18-20-33-22-23-34-24-25-37-38(4,31)32/h28-29H,5-26H2,1-4H3. The number of carbonyl (C=O) groups excluding carboxylic acids is 1. The summed E-state index contributed by atoms with van der Waals surface area (Å²) in [6.07, 6.45) is 19.8. The number of rotatable bonds is 30. The van der Waals surface area contributed by atoms with Crippen molar-refractivity contribution in [2.45, 2.75) is 129 Å². The Kier molecular flexibility index (Phi) is 26.2. The quantitative estimate of drug-likeness (QED) is 0.0744. The summed E-state index contributed by atoms with van der Waals surface area (Å²) in [6.45, 7) is 8.06. The summed E-state index contributed by atoms with van der Waals surface area (Å²) in [5.74, 6) is 0.0232. The van der Waals surface area contributed by atoms with Crippen LogP contribution >= 0.6 is 0 Å². The second kappa shape index (κ2) is 26.6. The topological polar surface area (TPSA) is 97.4 Å². The van der Waals surface area contributed by atoms with Gasteiger partial charge in [0.2, 0.25) is 0 Å².